The number of carbonyl (C=O) groups excluding carboxylic acids is 1. The quantitative estimate of drug-likeness (QED) is 0.755. The SMILES string of the molecule is CC(C)(C)N.Cc1cncc(C(=O)NC(C)c2cnc(OCC(F)(F)F)c(C)c2)n1. The fourth-order valence-corrected chi connectivity index (χ4v) is 2.05. The molecule has 0 bridgehead atoms. The van der Waals surface area contributed by atoms with E-state index < -0.39 is 24.7 Å². The highest BCUT2D eigenvalue weighted by Crippen LogP contribution is 2.22. The van der Waals surface area contributed by atoms with Crippen molar-refractivity contribution in [1.82, 2.24) is 20.3 Å². The smallest absolute Gasteiger partial charge is 0.422 e. The van der Waals surface area contributed by atoms with Crippen molar-refractivity contribution in [3.05, 3.63) is 47.2 Å². The summed E-state index contributed by atoms with van der Waals surface area (Å²) < 4.78 is 41.3. The fraction of sp³-hybridized carbons (Fsp3) is 0.500. The molecule has 0 saturated carbocycles. The first-order valence-electron chi connectivity index (χ1n) is 9.20. The number of nitrogens with one attached hydrogen (secondary N) is 1. The van der Waals surface area contributed by atoms with E-state index in [4.69, 9.17) is 5.73 Å². The monoisotopic (exact) mass is 427 g/mol. The summed E-state index contributed by atoms with van der Waals surface area (Å²) in [6, 6.07) is 1.20. The van der Waals surface area contributed by atoms with Gasteiger partial charge in [0.2, 0.25) is 5.88 Å². The molecule has 1 atom stereocenters. The molecule has 2 aromatic heterocycles. The second-order valence-electron chi connectivity index (χ2n) is 7.90. The number of halogens is 3. The number of nitrogens with zero attached hydrogens (tertiary/aromatic N) is 3. The Morgan fingerprint density at radius 1 is 1.20 bits per heavy atom. The molecule has 0 aliphatic carbocycles. The molecule has 0 fully saturated rings. The summed E-state index contributed by atoms with van der Waals surface area (Å²) in [5.41, 5.74) is 7.22. The van der Waals surface area contributed by atoms with Gasteiger partial charge in [0.1, 0.15) is 5.69 Å². The van der Waals surface area contributed by atoms with Crippen LogP contribution in [0.5, 0.6) is 5.88 Å². The van der Waals surface area contributed by atoms with Crippen LogP contribution in [0.1, 0.15) is 61.0 Å². The molecule has 166 valence electrons. The molecule has 7 nitrogen and oxygen atoms in total. The highest BCUT2D eigenvalue weighted by Gasteiger charge is 2.29. The maximum absolute atomic E-state index is 12.2. The second kappa shape index (κ2) is 10.3. The summed E-state index contributed by atoms with van der Waals surface area (Å²) in [5.74, 6) is -0.497. The zero-order valence-corrected chi connectivity index (χ0v) is 18.0. The fourth-order valence-electron chi connectivity index (χ4n) is 2.05. The molecule has 2 aromatic rings. The number of pyridine rings is 1. The Hall–Kier alpha value is -2.75. The summed E-state index contributed by atoms with van der Waals surface area (Å²) in [4.78, 5) is 24.0. The van der Waals surface area contributed by atoms with Crippen molar-refractivity contribution >= 4 is 5.91 Å². The summed E-state index contributed by atoms with van der Waals surface area (Å²) in [5, 5.41) is 2.74. The number of alkyl halides is 3. The Morgan fingerprint density at radius 2 is 1.80 bits per heavy atom. The highest BCUT2D eigenvalue weighted by molar-refractivity contribution is 5.92. The van der Waals surface area contributed by atoms with Gasteiger partial charge in [-0.3, -0.25) is 9.78 Å². The maximum Gasteiger partial charge on any atom is 0.422 e. The van der Waals surface area contributed by atoms with Gasteiger partial charge in [0.05, 0.1) is 17.9 Å². The molecular formula is C20H28F3N5O2. The summed E-state index contributed by atoms with van der Waals surface area (Å²) in [6.45, 7) is 9.53. The number of rotatable bonds is 5. The van der Waals surface area contributed by atoms with Crippen LogP contribution in [0.4, 0.5) is 13.2 Å². The van der Waals surface area contributed by atoms with E-state index in [1.807, 2.05) is 20.8 Å². The molecule has 0 aliphatic heterocycles. The zero-order valence-electron chi connectivity index (χ0n) is 18.0. The van der Waals surface area contributed by atoms with Crippen LogP contribution in [0, 0.1) is 13.8 Å². The first kappa shape index (κ1) is 25.3. The van der Waals surface area contributed by atoms with E-state index in [-0.39, 0.29) is 17.1 Å². The van der Waals surface area contributed by atoms with Crippen molar-refractivity contribution in [2.24, 2.45) is 5.73 Å². The van der Waals surface area contributed by atoms with Gasteiger partial charge in [-0.15, -0.1) is 0 Å². The normalized spacial score (nSPS) is 12.5. The van der Waals surface area contributed by atoms with Crippen LogP contribution < -0.4 is 15.8 Å². The molecule has 1 unspecified atom stereocenters. The van der Waals surface area contributed by atoms with Crippen LogP contribution in [0.15, 0.2) is 24.7 Å². The van der Waals surface area contributed by atoms with E-state index >= 15 is 0 Å². The summed E-state index contributed by atoms with van der Waals surface area (Å²) in [6.07, 6.45) is -0.172. The molecule has 0 spiro atoms. The number of ether oxygens (including phenoxy) is 1. The Balaban J connectivity index is 0.000000804. The molecule has 2 heterocycles. The van der Waals surface area contributed by atoms with Gasteiger partial charge in [0.25, 0.3) is 5.91 Å². The Kier molecular flexibility index (Phi) is 8.71. The predicted molar refractivity (Wildman–Crippen MR) is 107 cm³/mol. The van der Waals surface area contributed by atoms with Crippen LogP contribution in [0.2, 0.25) is 0 Å². The first-order valence-corrected chi connectivity index (χ1v) is 9.20. The predicted octanol–water partition coefficient (Wildman–Crippen LogP) is 3.66. The van der Waals surface area contributed by atoms with Gasteiger partial charge in [0.15, 0.2) is 6.61 Å². The first-order chi connectivity index (χ1) is 13.7. The Morgan fingerprint density at radius 3 is 2.30 bits per heavy atom. The van der Waals surface area contributed by atoms with Gasteiger partial charge in [0, 0.05) is 23.5 Å². The minimum absolute atomic E-state index is 0. The number of hydrogen-bond donors (Lipinski definition) is 2. The van der Waals surface area contributed by atoms with Crippen molar-refractivity contribution in [2.75, 3.05) is 6.61 Å². The minimum Gasteiger partial charge on any atom is -0.468 e. The lowest BCUT2D eigenvalue weighted by Crippen LogP contribution is -2.28. The van der Waals surface area contributed by atoms with Crippen LogP contribution in [0.25, 0.3) is 0 Å². The van der Waals surface area contributed by atoms with Gasteiger partial charge in [-0.2, -0.15) is 13.2 Å². The van der Waals surface area contributed by atoms with Crippen LogP contribution in [-0.4, -0.2) is 39.2 Å². The molecule has 0 saturated heterocycles. The third-order valence-electron chi connectivity index (χ3n) is 3.26. The maximum atomic E-state index is 12.2. The molecule has 10 heteroatoms. The van der Waals surface area contributed by atoms with Gasteiger partial charge >= 0.3 is 6.18 Å². The molecule has 1 amide bonds. The Bertz CT molecular complexity index is 845. The van der Waals surface area contributed by atoms with E-state index in [0.717, 1.165) is 0 Å². The van der Waals surface area contributed by atoms with Crippen LogP contribution in [-0.2, 0) is 0 Å². The number of carbonyl (C=O) groups is 1. The lowest BCUT2D eigenvalue weighted by atomic mass is 10.1. The van der Waals surface area contributed by atoms with Crippen molar-refractivity contribution in [2.45, 2.75) is 59.3 Å². The lowest BCUT2D eigenvalue weighted by Gasteiger charge is -2.16. The molecule has 30 heavy (non-hydrogen) atoms. The third-order valence-corrected chi connectivity index (χ3v) is 3.26. The highest BCUT2D eigenvalue weighted by atomic mass is 19.4. The summed E-state index contributed by atoms with van der Waals surface area (Å²) >= 11 is 0. The summed E-state index contributed by atoms with van der Waals surface area (Å²) in [7, 11) is 0. The zero-order chi connectivity index (χ0) is 23.1. The van der Waals surface area contributed by atoms with Crippen molar-refractivity contribution in [1.29, 1.82) is 0 Å². The number of aryl methyl sites for hydroxylation is 2. The topological polar surface area (TPSA) is 103 Å². The van der Waals surface area contributed by atoms with E-state index in [0.29, 0.717) is 16.8 Å². The van der Waals surface area contributed by atoms with Crippen molar-refractivity contribution in [3.8, 4) is 5.88 Å². The molecule has 0 radical (unpaired) electrons. The van der Waals surface area contributed by atoms with E-state index in [9.17, 15) is 18.0 Å². The van der Waals surface area contributed by atoms with Gasteiger partial charge in [-0.1, -0.05) is 0 Å². The van der Waals surface area contributed by atoms with Gasteiger partial charge < -0.3 is 15.8 Å². The largest absolute Gasteiger partial charge is 0.468 e. The number of aromatic nitrogens is 3. The molecule has 0 aliphatic rings. The molecule has 2 rings (SSSR count). The van der Waals surface area contributed by atoms with Crippen LogP contribution in [0.3, 0.4) is 0 Å². The van der Waals surface area contributed by atoms with E-state index in [1.54, 1.807) is 26.8 Å². The third kappa shape index (κ3) is 10.1. The molecule has 0 aromatic carbocycles. The van der Waals surface area contributed by atoms with E-state index in [1.165, 1.54) is 18.6 Å². The minimum atomic E-state index is -4.43. The Labute approximate surface area is 174 Å². The van der Waals surface area contributed by atoms with Crippen molar-refractivity contribution < 1.29 is 22.7 Å². The number of hydrogen-bond acceptors (Lipinski definition) is 6. The van der Waals surface area contributed by atoms with Crippen LogP contribution >= 0.6 is 0 Å². The molecular weight excluding hydrogens is 399 g/mol. The molecule has 3 N–H and O–H groups in total. The second-order valence-corrected chi connectivity index (χ2v) is 7.90. The average Bonchev–Trinajstić information content (AvgIpc) is 2.58. The van der Waals surface area contributed by atoms with Gasteiger partial charge in [-0.05, 0) is 53.2 Å². The number of nitrogens with two attached hydrogens (primary N) is 1. The number of amides is 1. The van der Waals surface area contributed by atoms with Crippen molar-refractivity contribution in [3.63, 3.8) is 0 Å². The van der Waals surface area contributed by atoms with E-state index in [2.05, 4.69) is 25.0 Å². The standard InChI is InChI=1S/C16H17F3N4O2.C4H11N/c1-9-4-12(6-21-15(9)25-8-16(17,18)19)11(3)23-14(24)13-7-20-5-10(2)22-13;1-4(2,3)5/h4-7,11H,8H2,1-3H3,(H,23,24);5H2,1-3H3. The average molecular weight is 427 g/mol. The lowest BCUT2D eigenvalue weighted by molar-refractivity contribution is -0.154. The van der Waals surface area contributed by atoms with Gasteiger partial charge in [-0.25, -0.2) is 9.97 Å².